The highest BCUT2D eigenvalue weighted by Crippen LogP contribution is 2.28. The van der Waals surface area contributed by atoms with Crippen molar-refractivity contribution in [1.29, 1.82) is 0 Å². The molecule has 1 unspecified atom stereocenters. The molecule has 0 saturated carbocycles. The molecule has 1 aromatic heterocycles. The molecule has 1 atom stereocenters. The van der Waals surface area contributed by atoms with Crippen LogP contribution in [0.15, 0.2) is 35.8 Å². The number of ketones is 1. The predicted molar refractivity (Wildman–Crippen MR) is 102 cm³/mol. The van der Waals surface area contributed by atoms with E-state index in [0.717, 1.165) is 16.3 Å². The van der Waals surface area contributed by atoms with Crippen molar-refractivity contribution < 1.29 is 17.9 Å². The van der Waals surface area contributed by atoms with Crippen LogP contribution in [0.1, 0.15) is 27.9 Å². The van der Waals surface area contributed by atoms with E-state index in [2.05, 4.69) is 9.71 Å². The van der Waals surface area contributed by atoms with E-state index in [4.69, 9.17) is 16.2 Å². The predicted octanol–water partition coefficient (Wildman–Crippen LogP) is 3.98. The molecule has 3 rings (SSSR count). The van der Waals surface area contributed by atoms with Gasteiger partial charge in [-0.3, -0.25) is 9.35 Å². The fourth-order valence-electron chi connectivity index (χ4n) is 2.58. The van der Waals surface area contributed by atoms with Crippen molar-refractivity contribution in [1.82, 2.24) is 9.71 Å². The summed E-state index contributed by atoms with van der Waals surface area (Å²) in [6.07, 6.45) is 0.838. The van der Waals surface area contributed by atoms with E-state index < -0.39 is 17.1 Å². The monoisotopic (exact) mass is 412 g/mol. The number of aromatic nitrogens is 1. The van der Waals surface area contributed by atoms with Gasteiger partial charge in [-0.05, 0) is 48.7 Å². The normalized spacial score (nSPS) is 12.4. The smallest absolute Gasteiger partial charge is 0.231 e. The molecule has 0 aliphatic carbocycles. The molecule has 0 radical (unpaired) electrons. The second kappa shape index (κ2) is 8.32. The summed E-state index contributed by atoms with van der Waals surface area (Å²) < 4.78 is 36.5. The van der Waals surface area contributed by atoms with Crippen molar-refractivity contribution in [2.24, 2.45) is 0 Å². The Morgan fingerprint density at radius 3 is 2.92 bits per heavy atom. The number of rotatable bonds is 7. The lowest BCUT2D eigenvalue weighted by Gasteiger charge is -2.10. The summed E-state index contributed by atoms with van der Waals surface area (Å²) in [5.41, 5.74) is 3.49. The first-order valence-electron chi connectivity index (χ1n) is 7.66. The lowest BCUT2D eigenvalue weighted by atomic mass is 9.99. The number of benzene rings is 2. The second-order valence-electron chi connectivity index (χ2n) is 5.54. The summed E-state index contributed by atoms with van der Waals surface area (Å²) in [5.74, 6) is -0.911. The maximum atomic E-state index is 14.0. The summed E-state index contributed by atoms with van der Waals surface area (Å²) in [6.45, 7) is 0.265. The molecular weight excluding hydrogens is 399 g/mol. The second-order valence-corrected chi connectivity index (χ2v) is 7.59. The lowest BCUT2D eigenvalue weighted by Crippen LogP contribution is -2.18. The van der Waals surface area contributed by atoms with Crippen molar-refractivity contribution in [2.45, 2.75) is 12.8 Å². The third kappa shape index (κ3) is 4.33. The topological polar surface area (TPSA) is 79.3 Å². The summed E-state index contributed by atoms with van der Waals surface area (Å²) in [6, 6.07) is 7.52. The van der Waals surface area contributed by atoms with Gasteiger partial charge in [-0.15, -0.1) is 11.3 Å². The first kappa shape index (κ1) is 19.1. The van der Waals surface area contributed by atoms with E-state index in [1.165, 1.54) is 17.4 Å². The number of hydrogen-bond acceptors (Lipinski definition) is 4. The van der Waals surface area contributed by atoms with Gasteiger partial charge >= 0.3 is 0 Å². The molecule has 9 heteroatoms. The van der Waals surface area contributed by atoms with Crippen LogP contribution in [0.4, 0.5) is 4.39 Å². The molecule has 2 aromatic carbocycles. The van der Waals surface area contributed by atoms with Crippen molar-refractivity contribution in [3.8, 4) is 0 Å². The zero-order valence-electron chi connectivity index (χ0n) is 13.4. The van der Waals surface area contributed by atoms with Crippen LogP contribution in [0.3, 0.4) is 0 Å². The minimum Gasteiger partial charge on any atom is -0.294 e. The molecule has 0 fully saturated rings. The molecule has 5 nitrogen and oxygen atoms in total. The number of aryl methyl sites for hydroxylation is 1. The van der Waals surface area contributed by atoms with E-state index in [0.29, 0.717) is 24.0 Å². The van der Waals surface area contributed by atoms with Crippen LogP contribution in [0.2, 0.25) is 5.02 Å². The van der Waals surface area contributed by atoms with Crippen molar-refractivity contribution in [3.05, 3.63) is 63.4 Å². The van der Waals surface area contributed by atoms with E-state index in [1.54, 1.807) is 23.7 Å². The van der Waals surface area contributed by atoms with E-state index in [1.807, 2.05) is 0 Å². The number of nitrogens with one attached hydrogen (secondary N) is 1. The molecule has 136 valence electrons. The highest BCUT2D eigenvalue weighted by atomic mass is 35.5. The Kier molecular flexibility index (Phi) is 6.10. The fourth-order valence-corrected chi connectivity index (χ4v) is 3.91. The van der Waals surface area contributed by atoms with Crippen molar-refractivity contribution in [2.75, 3.05) is 6.54 Å². The third-order valence-corrected chi connectivity index (χ3v) is 5.49. The van der Waals surface area contributed by atoms with Crippen molar-refractivity contribution in [3.63, 3.8) is 0 Å². The molecule has 0 amide bonds. The Balaban J connectivity index is 1.86. The molecule has 26 heavy (non-hydrogen) atoms. The van der Waals surface area contributed by atoms with Gasteiger partial charge in [0.05, 0.1) is 20.7 Å². The van der Waals surface area contributed by atoms with Gasteiger partial charge in [0, 0.05) is 17.7 Å². The highest BCUT2D eigenvalue weighted by Gasteiger charge is 2.18. The maximum Gasteiger partial charge on any atom is 0.231 e. The van der Waals surface area contributed by atoms with E-state index >= 15 is 0 Å². The average Bonchev–Trinajstić information content (AvgIpc) is 3.08. The molecule has 0 aliphatic heterocycles. The summed E-state index contributed by atoms with van der Waals surface area (Å²) in [7, 11) is 0. The van der Waals surface area contributed by atoms with Gasteiger partial charge in [0.25, 0.3) is 0 Å². The Labute approximate surface area is 160 Å². The zero-order valence-corrected chi connectivity index (χ0v) is 15.8. The van der Waals surface area contributed by atoms with Gasteiger partial charge in [0.15, 0.2) is 5.78 Å². The minimum atomic E-state index is -2.09. The molecule has 0 bridgehead atoms. The van der Waals surface area contributed by atoms with E-state index in [9.17, 15) is 13.4 Å². The quantitative estimate of drug-likeness (QED) is 0.349. The number of halogens is 2. The number of thiazole rings is 1. The summed E-state index contributed by atoms with van der Waals surface area (Å²) >= 11 is 5.66. The van der Waals surface area contributed by atoms with Crippen LogP contribution in [0.25, 0.3) is 10.2 Å². The Hall–Kier alpha value is -1.71. The van der Waals surface area contributed by atoms with Gasteiger partial charge < -0.3 is 0 Å². The minimum absolute atomic E-state index is 0.101. The molecule has 1 heterocycles. The largest absolute Gasteiger partial charge is 0.294 e. The summed E-state index contributed by atoms with van der Waals surface area (Å²) in [4.78, 5) is 17.0. The number of fused-ring (bicyclic) bond motifs is 1. The Bertz CT molecular complexity index is 993. The molecule has 0 saturated heterocycles. The highest BCUT2D eigenvalue weighted by molar-refractivity contribution is 7.77. The Morgan fingerprint density at radius 1 is 1.35 bits per heavy atom. The van der Waals surface area contributed by atoms with Crippen LogP contribution >= 0.6 is 22.9 Å². The number of nitrogens with zero attached hydrogens (tertiary/aromatic N) is 1. The van der Waals surface area contributed by atoms with Crippen LogP contribution in [-0.2, 0) is 17.7 Å². The molecule has 3 aromatic rings. The zero-order chi connectivity index (χ0) is 18.7. The average molecular weight is 413 g/mol. The molecular formula is C17H14ClFN2O3S2. The number of carbonyl (C=O) groups is 1. The van der Waals surface area contributed by atoms with Crippen LogP contribution in [-0.4, -0.2) is 26.1 Å². The fraction of sp³-hybridized carbons (Fsp3) is 0.176. The van der Waals surface area contributed by atoms with Crippen LogP contribution < -0.4 is 4.72 Å². The SMILES string of the molecule is O=C(c1ccc2ncsc2c1)c1cc(F)cc(CCCNS(=O)O)c1Cl. The Morgan fingerprint density at radius 2 is 2.15 bits per heavy atom. The van der Waals surface area contributed by atoms with Gasteiger partial charge in [-0.1, -0.05) is 11.6 Å². The third-order valence-electron chi connectivity index (χ3n) is 3.80. The maximum absolute atomic E-state index is 14.0. The van der Waals surface area contributed by atoms with E-state index in [-0.39, 0.29) is 22.9 Å². The molecule has 0 spiro atoms. The summed E-state index contributed by atoms with van der Waals surface area (Å²) in [5, 5.41) is 0.200. The number of hydrogen-bond donors (Lipinski definition) is 2. The van der Waals surface area contributed by atoms with Gasteiger partial charge in [0.2, 0.25) is 11.3 Å². The first-order valence-corrected chi connectivity index (χ1v) is 10.0. The van der Waals surface area contributed by atoms with Gasteiger partial charge in [-0.25, -0.2) is 18.3 Å². The van der Waals surface area contributed by atoms with Crippen LogP contribution in [0.5, 0.6) is 0 Å². The standard InChI is InChI=1S/C17H14ClFN2O3S2/c18-16-10(2-1-5-21-26(23)24)6-12(19)8-13(16)17(22)11-3-4-14-15(7-11)25-9-20-14/h3-4,6-9,21H,1-2,5H2,(H,23,24). The number of carbonyl (C=O) groups excluding carboxylic acids is 1. The molecule has 0 aliphatic rings. The van der Waals surface area contributed by atoms with Gasteiger partial charge in [0.1, 0.15) is 5.82 Å². The lowest BCUT2D eigenvalue weighted by molar-refractivity contribution is 0.103. The van der Waals surface area contributed by atoms with Crippen LogP contribution in [0, 0.1) is 5.82 Å². The van der Waals surface area contributed by atoms with Gasteiger partial charge in [-0.2, -0.15) is 0 Å². The molecule has 2 N–H and O–H groups in total. The first-order chi connectivity index (χ1) is 12.5. The van der Waals surface area contributed by atoms with Crippen molar-refractivity contribution >= 4 is 50.2 Å².